The summed E-state index contributed by atoms with van der Waals surface area (Å²) < 4.78 is 5.63. The van der Waals surface area contributed by atoms with Gasteiger partial charge in [-0.1, -0.05) is 140 Å². The minimum absolute atomic E-state index is 0.0148. The second kappa shape index (κ2) is 12.7. The van der Waals surface area contributed by atoms with Crippen LogP contribution in [0, 0.1) is 0 Å². The molecule has 1 atom stereocenters. The lowest BCUT2D eigenvalue weighted by molar-refractivity contribution is -0.146. The Bertz CT molecular complexity index is 1720. The number of benzene rings is 5. The lowest BCUT2D eigenvalue weighted by Crippen LogP contribution is -2.57. The van der Waals surface area contributed by atoms with Gasteiger partial charge in [0.1, 0.15) is 17.7 Å². The van der Waals surface area contributed by atoms with Gasteiger partial charge in [-0.2, -0.15) is 0 Å². The second-order valence-electron chi connectivity index (χ2n) is 11.7. The van der Waals surface area contributed by atoms with E-state index in [4.69, 9.17) is 4.74 Å². The minimum Gasteiger partial charge on any atom is -0.479 e. The Kier molecular flexibility index (Phi) is 8.40. The predicted octanol–water partition coefficient (Wildman–Crippen LogP) is 6.87. The average molecular weight is 611 g/mol. The number of hydrogen-bond acceptors (Lipinski definition) is 4. The summed E-state index contributed by atoms with van der Waals surface area (Å²) in [6.45, 7) is 1.33. The molecule has 7 nitrogen and oxygen atoms in total. The molecule has 7 heteroatoms. The Labute approximate surface area is 267 Å². The molecule has 0 aliphatic heterocycles. The van der Waals surface area contributed by atoms with Gasteiger partial charge in [0.15, 0.2) is 0 Å². The fraction of sp³-hybridized carbons (Fsp3) is 0.154. The molecule has 0 fully saturated rings. The number of nitrogens with one attached hydrogen (secondary N) is 2. The molecule has 0 spiro atoms. The number of carbonyl (C=O) groups excluding carboxylic acids is 2. The maximum absolute atomic E-state index is 14.0. The zero-order valence-electron chi connectivity index (χ0n) is 25.4. The number of aliphatic carboxylic acids is 1. The predicted molar refractivity (Wildman–Crippen MR) is 176 cm³/mol. The van der Waals surface area contributed by atoms with Gasteiger partial charge in [-0.25, -0.2) is 9.59 Å². The molecule has 46 heavy (non-hydrogen) atoms. The molecule has 0 saturated heterocycles. The smallest absolute Gasteiger partial charge is 0.408 e. The van der Waals surface area contributed by atoms with Crippen LogP contribution >= 0.6 is 0 Å². The number of hydrogen-bond donors (Lipinski definition) is 3. The van der Waals surface area contributed by atoms with Crippen molar-refractivity contribution in [3.05, 3.63) is 167 Å². The van der Waals surface area contributed by atoms with Crippen molar-refractivity contribution in [2.24, 2.45) is 0 Å². The van der Waals surface area contributed by atoms with Gasteiger partial charge < -0.3 is 20.5 Å². The van der Waals surface area contributed by atoms with Crippen LogP contribution in [0.25, 0.3) is 11.1 Å². The van der Waals surface area contributed by atoms with Crippen molar-refractivity contribution >= 4 is 18.0 Å². The van der Waals surface area contributed by atoms with E-state index in [1.54, 1.807) is 0 Å². The standard InChI is InChI=1S/C39H34N2O5/c1-38(36(43)44,41-37(45)46-26-34-32-23-13-11-21-30(32)31-22-12-14-24-33(31)34)25-35(42)40-39(27-15-5-2-6-16-27,28-17-7-3-8-18-28)29-19-9-4-10-20-29/h2-24,34H,25-26H2,1H3,(H,40,42)(H,41,45)(H,43,44)/t38-/m1/s1. The van der Waals surface area contributed by atoms with E-state index in [0.29, 0.717) is 0 Å². The minimum atomic E-state index is -1.96. The number of carbonyl (C=O) groups is 3. The van der Waals surface area contributed by atoms with E-state index in [0.717, 1.165) is 38.9 Å². The summed E-state index contributed by atoms with van der Waals surface area (Å²) in [5.41, 5.74) is 3.53. The molecule has 5 aromatic rings. The third kappa shape index (κ3) is 5.75. The number of alkyl carbamates (subject to hydrolysis) is 1. The topological polar surface area (TPSA) is 105 Å². The van der Waals surface area contributed by atoms with E-state index in [9.17, 15) is 19.5 Å². The Morgan fingerprint density at radius 1 is 0.630 bits per heavy atom. The highest BCUT2D eigenvalue weighted by Crippen LogP contribution is 2.44. The van der Waals surface area contributed by atoms with Gasteiger partial charge in [0.2, 0.25) is 5.91 Å². The van der Waals surface area contributed by atoms with Crippen molar-refractivity contribution in [2.75, 3.05) is 6.61 Å². The Morgan fingerprint density at radius 3 is 1.48 bits per heavy atom. The highest BCUT2D eigenvalue weighted by atomic mass is 16.5. The molecule has 1 aliphatic carbocycles. The zero-order valence-corrected chi connectivity index (χ0v) is 25.4. The van der Waals surface area contributed by atoms with Gasteiger partial charge in [0, 0.05) is 5.92 Å². The average Bonchev–Trinajstić information content (AvgIpc) is 3.41. The van der Waals surface area contributed by atoms with Gasteiger partial charge in [-0.05, 0) is 45.9 Å². The highest BCUT2D eigenvalue weighted by molar-refractivity contribution is 5.91. The van der Waals surface area contributed by atoms with Crippen molar-refractivity contribution in [1.82, 2.24) is 10.6 Å². The largest absolute Gasteiger partial charge is 0.479 e. The number of carboxylic acids is 1. The SMILES string of the molecule is C[C@](CC(=O)NC(c1ccccc1)(c1ccccc1)c1ccccc1)(NC(=O)OCC1c2ccccc2-c2ccccc21)C(=O)O. The third-order valence-electron chi connectivity index (χ3n) is 8.66. The summed E-state index contributed by atoms with van der Waals surface area (Å²) in [5.74, 6) is -2.12. The van der Waals surface area contributed by atoms with Crippen LogP contribution in [-0.2, 0) is 19.9 Å². The van der Waals surface area contributed by atoms with Gasteiger partial charge in [-0.15, -0.1) is 0 Å². The monoisotopic (exact) mass is 610 g/mol. The lowest BCUT2D eigenvalue weighted by Gasteiger charge is -2.38. The van der Waals surface area contributed by atoms with Crippen LogP contribution in [0.5, 0.6) is 0 Å². The molecule has 0 radical (unpaired) electrons. The molecule has 2 amide bonds. The second-order valence-corrected chi connectivity index (χ2v) is 11.7. The van der Waals surface area contributed by atoms with E-state index in [1.165, 1.54) is 6.92 Å². The summed E-state index contributed by atoms with van der Waals surface area (Å²) in [6.07, 6.45) is -1.46. The Morgan fingerprint density at radius 2 is 1.04 bits per heavy atom. The van der Waals surface area contributed by atoms with E-state index < -0.39 is 35.5 Å². The van der Waals surface area contributed by atoms with Crippen molar-refractivity contribution in [3.63, 3.8) is 0 Å². The normalized spacial score (nSPS) is 13.5. The van der Waals surface area contributed by atoms with Crippen LogP contribution in [-0.4, -0.2) is 35.2 Å². The maximum Gasteiger partial charge on any atom is 0.408 e. The molecular formula is C39H34N2O5. The molecule has 230 valence electrons. The van der Waals surface area contributed by atoms with E-state index in [2.05, 4.69) is 10.6 Å². The number of carboxylic acid groups (broad SMARTS) is 1. The fourth-order valence-electron chi connectivity index (χ4n) is 6.39. The summed E-state index contributed by atoms with van der Waals surface area (Å²) in [4.78, 5) is 39.7. The number of ether oxygens (including phenoxy) is 1. The van der Waals surface area contributed by atoms with E-state index in [1.807, 2.05) is 140 Å². The Hall–Kier alpha value is -5.69. The van der Waals surface area contributed by atoms with Crippen molar-refractivity contribution < 1.29 is 24.2 Å². The van der Waals surface area contributed by atoms with Gasteiger partial charge in [0.05, 0.1) is 6.42 Å². The summed E-state index contributed by atoms with van der Waals surface area (Å²) in [7, 11) is 0. The summed E-state index contributed by atoms with van der Waals surface area (Å²) in [6, 6.07) is 44.5. The van der Waals surface area contributed by atoms with Crippen molar-refractivity contribution in [1.29, 1.82) is 0 Å². The molecular weight excluding hydrogens is 576 g/mol. The summed E-state index contributed by atoms with van der Waals surface area (Å²) in [5, 5.41) is 15.9. The van der Waals surface area contributed by atoms with Crippen LogP contribution in [0.1, 0.15) is 47.1 Å². The molecule has 5 aromatic carbocycles. The molecule has 1 aliphatic rings. The highest BCUT2D eigenvalue weighted by Gasteiger charge is 2.43. The lowest BCUT2D eigenvalue weighted by atomic mass is 9.76. The first-order valence-electron chi connectivity index (χ1n) is 15.2. The number of rotatable bonds is 10. The Balaban J connectivity index is 1.24. The molecule has 0 unspecified atom stereocenters. The van der Waals surface area contributed by atoms with Crippen molar-refractivity contribution in [3.8, 4) is 11.1 Å². The van der Waals surface area contributed by atoms with Crippen LogP contribution in [0.15, 0.2) is 140 Å². The molecule has 3 N–H and O–H groups in total. The summed E-state index contributed by atoms with van der Waals surface area (Å²) >= 11 is 0. The fourth-order valence-corrected chi connectivity index (χ4v) is 6.39. The first-order valence-corrected chi connectivity index (χ1v) is 15.2. The van der Waals surface area contributed by atoms with Crippen LogP contribution in [0.3, 0.4) is 0 Å². The quantitative estimate of drug-likeness (QED) is 0.150. The number of fused-ring (bicyclic) bond motifs is 3. The van der Waals surface area contributed by atoms with E-state index >= 15 is 0 Å². The molecule has 0 bridgehead atoms. The molecule has 0 heterocycles. The first kappa shape index (κ1) is 30.3. The third-order valence-corrected chi connectivity index (χ3v) is 8.66. The van der Waals surface area contributed by atoms with Crippen molar-refractivity contribution in [2.45, 2.75) is 30.3 Å². The number of amides is 2. The van der Waals surface area contributed by atoms with Gasteiger partial charge in [-0.3, -0.25) is 4.79 Å². The van der Waals surface area contributed by atoms with Gasteiger partial charge in [0.25, 0.3) is 0 Å². The van der Waals surface area contributed by atoms with Crippen LogP contribution in [0.2, 0.25) is 0 Å². The van der Waals surface area contributed by atoms with Crippen LogP contribution < -0.4 is 10.6 Å². The maximum atomic E-state index is 14.0. The zero-order chi connectivity index (χ0) is 32.1. The first-order chi connectivity index (χ1) is 22.3. The molecule has 6 rings (SSSR count). The van der Waals surface area contributed by atoms with Gasteiger partial charge >= 0.3 is 12.1 Å². The molecule has 0 aromatic heterocycles. The van der Waals surface area contributed by atoms with E-state index in [-0.39, 0.29) is 12.5 Å². The van der Waals surface area contributed by atoms with Crippen LogP contribution in [0.4, 0.5) is 4.79 Å². The molecule has 0 saturated carbocycles.